The highest BCUT2D eigenvalue weighted by molar-refractivity contribution is 6.16. The zero-order chi connectivity index (χ0) is 5.70. The van der Waals surface area contributed by atoms with Gasteiger partial charge in [-0.1, -0.05) is 11.6 Å². The molecule has 0 spiro atoms. The van der Waals surface area contributed by atoms with E-state index >= 15 is 0 Å². The molecule has 2 nitrogen and oxygen atoms in total. The van der Waals surface area contributed by atoms with E-state index in [4.69, 9.17) is 16.7 Å². The van der Waals surface area contributed by atoms with E-state index in [1.807, 2.05) is 7.05 Å². The Kier molecular flexibility index (Phi) is 10.6. The van der Waals surface area contributed by atoms with E-state index in [0.29, 0.717) is 6.00 Å². The largest absolute Gasteiger partial charge is 1.00 e. The fraction of sp³-hybridized carbons (Fsp3) is 1.00. The Balaban J connectivity index is 0. The molecule has 1 unspecified atom stereocenters. The normalized spacial score (nSPS) is 12.4. The summed E-state index contributed by atoms with van der Waals surface area (Å²) in [6, 6.07) is 0.570. The lowest BCUT2D eigenvalue weighted by molar-refractivity contribution is -0.868. The third-order valence-corrected chi connectivity index (χ3v) is 1.22. The van der Waals surface area contributed by atoms with E-state index in [0.717, 1.165) is 11.4 Å². The summed E-state index contributed by atoms with van der Waals surface area (Å²) in [6.45, 7) is 0.960. The van der Waals surface area contributed by atoms with Crippen LogP contribution >= 0.6 is 11.6 Å². The fourth-order valence-corrected chi connectivity index (χ4v) is 0.391. The summed E-state index contributed by atoms with van der Waals surface area (Å²) in [5.41, 5.74) is 0. The second kappa shape index (κ2) is 7.50. The summed E-state index contributed by atoms with van der Waals surface area (Å²) >= 11 is 5.38. The minimum Gasteiger partial charge on any atom is -1.00 e. The van der Waals surface area contributed by atoms with Crippen LogP contribution in [0.25, 0.3) is 0 Å². The number of alkyl halides is 1. The molecule has 0 heterocycles. The second-order valence-electron chi connectivity index (χ2n) is 1.56. The maximum Gasteiger partial charge on any atom is 0.153 e. The Bertz CT molecular complexity index is 45.0. The van der Waals surface area contributed by atoms with Crippen molar-refractivity contribution in [2.24, 2.45) is 0 Å². The van der Waals surface area contributed by atoms with Crippen molar-refractivity contribution in [3.63, 3.8) is 0 Å². The van der Waals surface area contributed by atoms with E-state index in [1.165, 1.54) is 0 Å². The Morgan fingerprint density at radius 3 is 2.25 bits per heavy atom. The molecule has 0 aliphatic rings. The quantitative estimate of drug-likeness (QED) is 0.317. The second-order valence-corrected chi connectivity index (χ2v) is 1.83. The predicted octanol–water partition coefficient (Wildman–Crippen LogP) is -4.31. The van der Waals surface area contributed by atoms with E-state index < -0.39 is 0 Å². The molecule has 0 rings (SSSR count). The molecular formula is C4H11Cl2NO. The first kappa shape index (κ1) is 11.3. The molecule has 4 heteroatoms. The molecule has 0 aliphatic carbocycles. The Morgan fingerprint density at radius 1 is 1.62 bits per heavy atom. The van der Waals surface area contributed by atoms with Gasteiger partial charge in [-0.3, -0.25) is 0 Å². The van der Waals surface area contributed by atoms with Crippen LogP contribution in [0.3, 0.4) is 0 Å². The lowest BCUT2D eigenvalue weighted by Crippen LogP contribution is -3.08. The van der Waals surface area contributed by atoms with E-state index in [1.54, 1.807) is 0 Å². The Labute approximate surface area is 60.8 Å². The molecule has 0 aromatic rings. The van der Waals surface area contributed by atoms with Crippen LogP contribution in [-0.4, -0.2) is 31.3 Å². The zero-order valence-corrected chi connectivity index (χ0v) is 6.34. The molecule has 0 amide bonds. The molecule has 8 heavy (non-hydrogen) atoms. The average Bonchev–Trinajstić information content (AvgIpc) is 1.68. The van der Waals surface area contributed by atoms with Crippen LogP contribution < -0.4 is 17.3 Å². The smallest absolute Gasteiger partial charge is 0.153 e. The Hall–Kier alpha value is 0.500. The third-order valence-electron chi connectivity index (χ3n) is 0.767. The van der Waals surface area contributed by atoms with E-state index in [-0.39, 0.29) is 19.0 Å². The maximum absolute atomic E-state index is 8.29. The standard InChI is InChI=1S/C4H10ClNO.ClH/c1-6(4-5)2-3-7;/h7H,2-4H2,1H3;1H. The predicted molar refractivity (Wildman–Crippen MR) is 29.6 cm³/mol. The van der Waals surface area contributed by atoms with Gasteiger partial charge < -0.3 is 22.4 Å². The van der Waals surface area contributed by atoms with Crippen molar-refractivity contribution < 1.29 is 22.4 Å². The summed E-state index contributed by atoms with van der Waals surface area (Å²) in [5.74, 6) is 0. The van der Waals surface area contributed by atoms with Crippen molar-refractivity contribution in [2.75, 3.05) is 26.2 Å². The third kappa shape index (κ3) is 6.50. The van der Waals surface area contributed by atoms with Crippen LogP contribution in [-0.2, 0) is 0 Å². The van der Waals surface area contributed by atoms with Crippen molar-refractivity contribution >= 4 is 11.6 Å². The number of likely N-dealkylation sites (N-methyl/N-ethyl adjacent to an activating group) is 1. The lowest BCUT2D eigenvalue weighted by Gasteiger charge is -2.05. The van der Waals surface area contributed by atoms with Gasteiger partial charge in [-0.05, 0) is 0 Å². The highest BCUT2D eigenvalue weighted by Gasteiger charge is 1.92. The van der Waals surface area contributed by atoms with Crippen molar-refractivity contribution in [1.82, 2.24) is 0 Å². The molecule has 0 aliphatic heterocycles. The average molecular weight is 160 g/mol. The number of hydrogen-bond acceptors (Lipinski definition) is 1. The van der Waals surface area contributed by atoms with Crippen LogP contribution in [0.1, 0.15) is 0 Å². The number of quaternary nitrogens is 1. The number of rotatable bonds is 3. The van der Waals surface area contributed by atoms with Gasteiger partial charge in [0.1, 0.15) is 6.54 Å². The van der Waals surface area contributed by atoms with Gasteiger partial charge in [0, 0.05) is 0 Å². The first-order valence-electron chi connectivity index (χ1n) is 2.29. The van der Waals surface area contributed by atoms with Gasteiger partial charge in [-0.15, -0.1) is 0 Å². The summed E-state index contributed by atoms with van der Waals surface area (Å²) in [6.07, 6.45) is 0. The summed E-state index contributed by atoms with van der Waals surface area (Å²) in [4.78, 5) is 1.14. The van der Waals surface area contributed by atoms with E-state index in [9.17, 15) is 0 Å². The van der Waals surface area contributed by atoms with Crippen LogP contribution in [0.4, 0.5) is 0 Å². The van der Waals surface area contributed by atoms with Gasteiger partial charge in [-0.2, -0.15) is 0 Å². The molecule has 52 valence electrons. The summed E-state index contributed by atoms with van der Waals surface area (Å²) in [5, 5.41) is 8.29. The highest BCUT2D eigenvalue weighted by atomic mass is 35.5. The van der Waals surface area contributed by atoms with Crippen LogP contribution in [0.2, 0.25) is 0 Å². The minimum atomic E-state index is 0. The first-order valence-corrected chi connectivity index (χ1v) is 2.83. The molecule has 0 radical (unpaired) electrons. The van der Waals surface area contributed by atoms with Crippen LogP contribution in [0, 0.1) is 0 Å². The van der Waals surface area contributed by atoms with Gasteiger partial charge in [0.25, 0.3) is 0 Å². The minimum absolute atomic E-state index is 0. The highest BCUT2D eigenvalue weighted by Crippen LogP contribution is 1.54. The molecule has 0 bridgehead atoms. The molecule has 0 saturated carbocycles. The molecular weight excluding hydrogens is 149 g/mol. The molecule has 0 aromatic carbocycles. The van der Waals surface area contributed by atoms with Gasteiger partial charge in [0.05, 0.1) is 13.7 Å². The molecule has 0 saturated heterocycles. The first-order chi connectivity index (χ1) is 3.31. The number of aliphatic hydroxyl groups is 1. The van der Waals surface area contributed by atoms with Crippen molar-refractivity contribution in [3.8, 4) is 0 Å². The van der Waals surface area contributed by atoms with Crippen molar-refractivity contribution in [3.05, 3.63) is 0 Å². The van der Waals surface area contributed by atoms with E-state index in [2.05, 4.69) is 0 Å². The molecule has 0 aromatic heterocycles. The Morgan fingerprint density at radius 2 is 2.12 bits per heavy atom. The SMILES string of the molecule is C[NH+](CCl)CCO.[Cl-]. The topological polar surface area (TPSA) is 24.7 Å². The summed E-state index contributed by atoms with van der Waals surface area (Å²) in [7, 11) is 1.93. The number of hydrogen-bond donors (Lipinski definition) is 2. The maximum atomic E-state index is 8.29. The van der Waals surface area contributed by atoms with Gasteiger partial charge in [-0.25, -0.2) is 0 Å². The fourth-order valence-electron chi connectivity index (χ4n) is 0.258. The van der Waals surface area contributed by atoms with Gasteiger partial charge in [0.15, 0.2) is 6.00 Å². The number of nitrogens with one attached hydrogen (secondary N) is 1. The lowest BCUT2D eigenvalue weighted by atomic mass is 10.6. The van der Waals surface area contributed by atoms with Crippen molar-refractivity contribution in [1.29, 1.82) is 0 Å². The summed E-state index contributed by atoms with van der Waals surface area (Å²) < 4.78 is 0. The molecule has 0 fully saturated rings. The van der Waals surface area contributed by atoms with Gasteiger partial charge in [0.2, 0.25) is 0 Å². The number of halogens is 2. The van der Waals surface area contributed by atoms with Crippen LogP contribution in [0.5, 0.6) is 0 Å². The zero-order valence-electron chi connectivity index (χ0n) is 4.82. The molecule has 2 N–H and O–H groups in total. The molecule has 1 atom stereocenters. The monoisotopic (exact) mass is 159 g/mol. The van der Waals surface area contributed by atoms with Gasteiger partial charge >= 0.3 is 0 Å². The number of aliphatic hydroxyl groups excluding tert-OH is 1. The van der Waals surface area contributed by atoms with Crippen molar-refractivity contribution in [2.45, 2.75) is 0 Å². The van der Waals surface area contributed by atoms with Crippen LogP contribution in [0.15, 0.2) is 0 Å².